The zero-order valence-electron chi connectivity index (χ0n) is 8.95. The largest absolute Gasteiger partial charge is 0.381 e. The number of rotatable bonds is 3. The van der Waals surface area contributed by atoms with Gasteiger partial charge in [0.1, 0.15) is 10.8 Å². The van der Waals surface area contributed by atoms with Crippen molar-refractivity contribution in [2.75, 3.05) is 30.8 Å². The molecule has 0 atom stereocenters. The molecule has 0 radical (unpaired) electrons. The second-order valence-corrected chi connectivity index (χ2v) is 4.27. The average molecular weight is 243 g/mol. The van der Waals surface area contributed by atoms with E-state index >= 15 is 0 Å². The van der Waals surface area contributed by atoms with Gasteiger partial charge in [-0.15, -0.1) is 0 Å². The summed E-state index contributed by atoms with van der Waals surface area (Å²) in [6, 6.07) is 0. The summed E-state index contributed by atoms with van der Waals surface area (Å²) in [6.45, 7) is 2.53. The van der Waals surface area contributed by atoms with Crippen LogP contribution in [0.3, 0.4) is 0 Å². The molecule has 1 aliphatic heterocycles. The number of nitrogens with two attached hydrogens (primary N) is 1. The number of nitrogens with zero attached hydrogens (tertiary/aromatic N) is 2. The van der Waals surface area contributed by atoms with E-state index in [-0.39, 0.29) is 5.95 Å². The third kappa shape index (κ3) is 2.96. The summed E-state index contributed by atoms with van der Waals surface area (Å²) in [7, 11) is 0. The van der Waals surface area contributed by atoms with Crippen LogP contribution in [0, 0.1) is 5.92 Å². The highest BCUT2D eigenvalue weighted by molar-refractivity contribution is 6.32. The molecule has 1 saturated heterocycles. The van der Waals surface area contributed by atoms with Crippen LogP contribution in [-0.2, 0) is 4.74 Å². The molecule has 3 N–H and O–H groups in total. The summed E-state index contributed by atoms with van der Waals surface area (Å²) in [5, 5.41) is 3.71. The Morgan fingerprint density at radius 2 is 2.25 bits per heavy atom. The number of hydrogen-bond acceptors (Lipinski definition) is 5. The van der Waals surface area contributed by atoms with Gasteiger partial charge >= 0.3 is 0 Å². The van der Waals surface area contributed by atoms with Crippen molar-refractivity contribution in [3.05, 3.63) is 11.2 Å². The van der Waals surface area contributed by atoms with Gasteiger partial charge in [0.2, 0.25) is 5.95 Å². The van der Waals surface area contributed by atoms with E-state index in [1.807, 2.05) is 0 Å². The smallest absolute Gasteiger partial charge is 0.222 e. The maximum atomic E-state index is 5.95. The van der Waals surface area contributed by atoms with Gasteiger partial charge in [0, 0.05) is 19.8 Å². The fraction of sp³-hybridized carbons (Fsp3) is 0.600. The van der Waals surface area contributed by atoms with Gasteiger partial charge < -0.3 is 15.8 Å². The highest BCUT2D eigenvalue weighted by atomic mass is 35.5. The van der Waals surface area contributed by atoms with Crippen molar-refractivity contribution >= 4 is 23.4 Å². The molecule has 2 heterocycles. The minimum Gasteiger partial charge on any atom is -0.381 e. The molecule has 5 nitrogen and oxygen atoms in total. The van der Waals surface area contributed by atoms with Crippen LogP contribution in [0.15, 0.2) is 6.20 Å². The van der Waals surface area contributed by atoms with Crippen LogP contribution >= 0.6 is 11.6 Å². The van der Waals surface area contributed by atoms with Gasteiger partial charge in [0.25, 0.3) is 0 Å². The molecular weight excluding hydrogens is 228 g/mol. The van der Waals surface area contributed by atoms with Crippen molar-refractivity contribution in [1.82, 2.24) is 9.97 Å². The zero-order valence-corrected chi connectivity index (χ0v) is 9.70. The van der Waals surface area contributed by atoms with Crippen molar-refractivity contribution in [3.8, 4) is 0 Å². The molecule has 0 unspecified atom stereocenters. The quantitative estimate of drug-likeness (QED) is 0.841. The van der Waals surface area contributed by atoms with E-state index < -0.39 is 0 Å². The Kier molecular flexibility index (Phi) is 3.79. The molecule has 2 rings (SSSR count). The summed E-state index contributed by atoms with van der Waals surface area (Å²) in [4.78, 5) is 7.86. The molecule has 0 spiro atoms. The molecule has 0 aliphatic carbocycles. The summed E-state index contributed by atoms with van der Waals surface area (Å²) in [5.41, 5.74) is 5.50. The molecule has 0 saturated carbocycles. The Hall–Kier alpha value is -1.07. The third-order valence-electron chi connectivity index (χ3n) is 2.66. The number of hydrogen-bond donors (Lipinski definition) is 2. The number of nitrogen functional groups attached to an aromatic ring is 1. The van der Waals surface area contributed by atoms with Crippen LogP contribution in [0.4, 0.5) is 11.8 Å². The lowest BCUT2D eigenvalue weighted by molar-refractivity contribution is 0.0699. The summed E-state index contributed by atoms with van der Waals surface area (Å²) in [5.74, 6) is 1.46. The van der Waals surface area contributed by atoms with Crippen LogP contribution in [0.5, 0.6) is 0 Å². The summed E-state index contributed by atoms with van der Waals surface area (Å²) >= 11 is 5.95. The lowest BCUT2D eigenvalue weighted by Crippen LogP contribution is -2.23. The maximum Gasteiger partial charge on any atom is 0.222 e. The Morgan fingerprint density at radius 1 is 1.50 bits per heavy atom. The number of aromatic nitrogens is 2. The maximum absolute atomic E-state index is 5.95. The number of ether oxygens (including phenoxy) is 1. The van der Waals surface area contributed by atoms with E-state index in [0.717, 1.165) is 32.6 Å². The Bertz CT molecular complexity index is 355. The fourth-order valence-electron chi connectivity index (χ4n) is 1.70. The van der Waals surface area contributed by atoms with Crippen molar-refractivity contribution < 1.29 is 4.74 Å². The van der Waals surface area contributed by atoms with Gasteiger partial charge in [-0.3, -0.25) is 0 Å². The third-order valence-corrected chi connectivity index (χ3v) is 2.94. The highest BCUT2D eigenvalue weighted by Gasteiger charge is 2.14. The predicted molar refractivity (Wildman–Crippen MR) is 63.5 cm³/mol. The normalized spacial score (nSPS) is 17.3. The SMILES string of the molecule is Nc1ncc(Cl)c(NCC2CCOCC2)n1. The minimum absolute atomic E-state index is 0.235. The van der Waals surface area contributed by atoms with Crippen molar-refractivity contribution in [1.29, 1.82) is 0 Å². The van der Waals surface area contributed by atoms with Crippen molar-refractivity contribution in [2.45, 2.75) is 12.8 Å². The zero-order chi connectivity index (χ0) is 11.4. The molecule has 0 amide bonds. The molecule has 16 heavy (non-hydrogen) atoms. The first-order valence-electron chi connectivity index (χ1n) is 5.35. The van der Waals surface area contributed by atoms with Gasteiger partial charge in [-0.2, -0.15) is 4.98 Å². The van der Waals surface area contributed by atoms with E-state index in [2.05, 4.69) is 15.3 Å². The number of halogens is 1. The number of nitrogens with one attached hydrogen (secondary N) is 1. The second-order valence-electron chi connectivity index (χ2n) is 3.86. The second kappa shape index (κ2) is 5.32. The topological polar surface area (TPSA) is 73.1 Å². The molecular formula is C10H15ClN4O. The van der Waals surface area contributed by atoms with Crippen molar-refractivity contribution in [2.24, 2.45) is 5.92 Å². The molecule has 1 aliphatic rings. The van der Waals surface area contributed by atoms with Gasteiger partial charge in [-0.25, -0.2) is 4.98 Å². The van der Waals surface area contributed by atoms with Crippen molar-refractivity contribution in [3.63, 3.8) is 0 Å². The molecule has 88 valence electrons. The van der Waals surface area contributed by atoms with E-state index in [9.17, 15) is 0 Å². The molecule has 1 aromatic heterocycles. The van der Waals surface area contributed by atoms with Crippen LogP contribution in [0.2, 0.25) is 5.02 Å². The van der Waals surface area contributed by atoms with Gasteiger partial charge in [0.15, 0.2) is 0 Å². The van der Waals surface area contributed by atoms with Gasteiger partial charge in [-0.1, -0.05) is 11.6 Å². The standard InChI is InChI=1S/C10H15ClN4O/c11-8-6-14-10(12)15-9(8)13-5-7-1-3-16-4-2-7/h6-7H,1-5H2,(H3,12,13,14,15). The van der Waals surface area contributed by atoms with Gasteiger partial charge in [-0.05, 0) is 18.8 Å². The van der Waals surface area contributed by atoms with E-state index in [0.29, 0.717) is 16.8 Å². The first-order valence-corrected chi connectivity index (χ1v) is 5.73. The summed E-state index contributed by atoms with van der Waals surface area (Å²) in [6.07, 6.45) is 3.66. The van der Waals surface area contributed by atoms with E-state index in [4.69, 9.17) is 22.1 Å². The van der Waals surface area contributed by atoms with Crippen LogP contribution in [0.25, 0.3) is 0 Å². The minimum atomic E-state index is 0.235. The lowest BCUT2D eigenvalue weighted by Gasteiger charge is -2.22. The van der Waals surface area contributed by atoms with E-state index in [1.54, 1.807) is 0 Å². The highest BCUT2D eigenvalue weighted by Crippen LogP contribution is 2.20. The van der Waals surface area contributed by atoms with Crippen LogP contribution in [0.1, 0.15) is 12.8 Å². The van der Waals surface area contributed by atoms with E-state index in [1.165, 1.54) is 6.20 Å². The average Bonchev–Trinajstić information content (AvgIpc) is 2.32. The molecule has 6 heteroatoms. The fourth-order valence-corrected chi connectivity index (χ4v) is 1.85. The first kappa shape index (κ1) is 11.4. The monoisotopic (exact) mass is 242 g/mol. The molecule has 0 aromatic carbocycles. The predicted octanol–water partition coefficient (Wildman–Crippen LogP) is 1.55. The Balaban J connectivity index is 1.90. The van der Waals surface area contributed by atoms with Crippen LogP contribution < -0.4 is 11.1 Å². The number of anilines is 2. The Morgan fingerprint density at radius 3 is 3.00 bits per heavy atom. The summed E-state index contributed by atoms with van der Waals surface area (Å²) < 4.78 is 5.30. The molecule has 1 aromatic rings. The lowest BCUT2D eigenvalue weighted by atomic mass is 10.0. The first-order chi connectivity index (χ1) is 7.75. The van der Waals surface area contributed by atoms with Crippen LogP contribution in [-0.4, -0.2) is 29.7 Å². The molecule has 1 fully saturated rings. The molecule has 0 bridgehead atoms. The Labute approximate surface area is 99.4 Å². The van der Waals surface area contributed by atoms with Gasteiger partial charge in [0.05, 0.1) is 6.20 Å².